The van der Waals surface area contributed by atoms with Gasteiger partial charge >= 0.3 is 0 Å². The second-order valence-electron chi connectivity index (χ2n) is 4.55. The molecule has 1 aromatic carbocycles. The van der Waals surface area contributed by atoms with Crippen molar-refractivity contribution < 1.29 is 12.9 Å². The zero-order valence-electron chi connectivity index (χ0n) is 11.4. The van der Waals surface area contributed by atoms with Gasteiger partial charge in [-0.15, -0.1) is 0 Å². The summed E-state index contributed by atoms with van der Waals surface area (Å²) in [5, 5.41) is 3.74. The van der Waals surface area contributed by atoms with Crippen LogP contribution in [0.5, 0.6) is 0 Å². The van der Waals surface area contributed by atoms with Gasteiger partial charge in [0.1, 0.15) is 5.76 Å². The van der Waals surface area contributed by atoms with Crippen LogP contribution in [0.3, 0.4) is 0 Å². The van der Waals surface area contributed by atoms with Crippen LogP contribution in [0.2, 0.25) is 0 Å². The van der Waals surface area contributed by atoms with E-state index >= 15 is 0 Å². The van der Waals surface area contributed by atoms with Gasteiger partial charge < -0.3 is 10.3 Å². The molecule has 0 fully saturated rings. The van der Waals surface area contributed by atoms with Gasteiger partial charge in [-0.25, -0.2) is 13.1 Å². The van der Waals surface area contributed by atoms with Crippen molar-refractivity contribution in [2.75, 3.05) is 0 Å². The summed E-state index contributed by atoms with van der Waals surface area (Å²) < 4.78 is 31.7. The molecule has 3 N–H and O–H groups in total. The molecule has 2 rings (SSSR count). The summed E-state index contributed by atoms with van der Waals surface area (Å²) in [5.41, 5.74) is 7.91. The first-order valence-electron chi connectivity index (χ1n) is 6.14. The van der Waals surface area contributed by atoms with E-state index in [2.05, 4.69) is 9.88 Å². The SMILES string of the molecule is Cc1cc(CNS(=O)(=O)c2ccc(C)c(CN)c2)no1. The fourth-order valence-corrected chi connectivity index (χ4v) is 2.84. The molecule has 0 amide bonds. The Balaban J connectivity index is 2.17. The van der Waals surface area contributed by atoms with E-state index in [1.54, 1.807) is 31.2 Å². The van der Waals surface area contributed by atoms with E-state index in [9.17, 15) is 8.42 Å². The summed E-state index contributed by atoms with van der Waals surface area (Å²) in [6.07, 6.45) is 0. The van der Waals surface area contributed by atoms with E-state index in [-0.39, 0.29) is 11.4 Å². The van der Waals surface area contributed by atoms with Crippen molar-refractivity contribution in [1.82, 2.24) is 9.88 Å². The van der Waals surface area contributed by atoms with Crippen LogP contribution >= 0.6 is 0 Å². The van der Waals surface area contributed by atoms with Crippen molar-refractivity contribution in [3.05, 3.63) is 46.8 Å². The molecule has 0 unspecified atom stereocenters. The fourth-order valence-electron chi connectivity index (χ4n) is 1.79. The Morgan fingerprint density at radius 2 is 2.05 bits per heavy atom. The molecule has 0 spiro atoms. The highest BCUT2D eigenvalue weighted by atomic mass is 32.2. The lowest BCUT2D eigenvalue weighted by atomic mass is 10.1. The third-order valence-electron chi connectivity index (χ3n) is 2.97. The monoisotopic (exact) mass is 295 g/mol. The first kappa shape index (κ1) is 14.7. The third-order valence-corrected chi connectivity index (χ3v) is 4.37. The van der Waals surface area contributed by atoms with Gasteiger partial charge in [0, 0.05) is 12.6 Å². The number of rotatable bonds is 5. The van der Waals surface area contributed by atoms with E-state index in [0.29, 0.717) is 18.0 Å². The molecule has 0 atom stereocenters. The molecule has 1 heterocycles. The quantitative estimate of drug-likeness (QED) is 0.864. The minimum Gasteiger partial charge on any atom is -0.361 e. The zero-order chi connectivity index (χ0) is 14.8. The number of hydrogen-bond acceptors (Lipinski definition) is 5. The largest absolute Gasteiger partial charge is 0.361 e. The molecule has 0 radical (unpaired) electrons. The summed E-state index contributed by atoms with van der Waals surface area (Å²) >= 11 is 0. The molecule has 0 aliphatic rings. The molecule has 7 heteroatoms. The van der Waals surface area contributed by atoms with Crippen LogP contribution < -0.4 is 10.5 Å². The van der Waals surface area contributed by atoms with E-state index < -0.39 is 10.0 Å². The van der Waals surface area contributed by atoms with Gasteiger partial charge in [-0.1, -0.05) is 11.2 Å². The lowest BCUT2D eigenvalue weighted by molar-refractivity contribution is 0.390. The Bertz CT molecular complexity index is 707. The summed E-state index contributed by atoms with van der Waals surface area (Å²) in [5.74, 6) is 0.639. The zero-order valence-corrected chi connectivity index (χ0v) is 12.2. The average Bonchev–Trinajstić information content (AvgIpc) is 2.83. The van der Waals surface area contributed by atoms with Gasteiger partial charge in [0.15, 0.2) is 0 Å². The Morgan fingerprint density at radius 3 is 2.65 bits per heavy atom. The lowest BCUT2D eigenvalue weighted by Crippen LogP contribution is -2.23. The minimum absolute atomic E-state index is 0.0888. The van der Waals surface area contributed by atoms with Gasteiger partial charge in [0.05, 0.1) is 17.1 Å². The smallest absolute Gasteiger partial charge is 0.240 e. The number of nitrogens with two attached hydrogens (primary N) is 1. The van der Waals surface area contributed by atoms with Crippen molar-refractivity contribution in [2.45, 2.75) is 31.8 Å². The molecular formula is C13H17N3O3S. The number of hydrogen-bond donors (Lipinski definition) is 2. The van der Waals surface area contributed by atoms with Gasteiger partial charge in [-0.2, -0.15) is 0 Å². The van der Waals surface area contributed by atoms with Crippen molar-refractivity contribution in [1.29, 1.82) is 0 Å². The van der Waals surface area contributed by atoms with Crippen molar-refractivity contribution in [3.8, 4) is 0 Å². The van der Waals surface area contributed by atoms with Crippen LogP contribution in [0, 0.1) is 13.8 Å². The maximum Gasteiger partial charge on any atom is 0.240 e. The van der Waals surface area contributed by atoms with Crippen LogP contribution in [0.15, 0.2) is 33.7 Å². The highest BCUT2D eigenvalue weighted by Gasteiger charge is 2.15. The second-order valence-corrected chi connectivity index (χ2v) is 6.31. The number of sulfonamides is 1. The lowest BCUT2D eigenvalue weighted by Gasteiger charge is -2.08. The number of nitrogens with zero attached hydrogens (tertiary/aromatic N) is 1. The second kappa shape index (κ2) is 5.74. The normalized spacial score (nSPS) is 11.8. The van der Waals surface area contributed by atoms with E-state index in [1.165, 1.54) is 0 Å². The van der Waals surface area contributed by atoms with Crippen LogP contribution in [0.25, 0.3) is 0 Å². The first-order chi connectivity index (χ1) is 9.42. The van der Waals surface area contributed by atoms with Crippen molar-refractivity contribution in [3.63, 3.8) is 0 Å². The molecule has 0 saturated heterocycles. The summed E-state index contributed by atoms with van der Waals surface area (Å²) in [6.45, 7) is 4.03. The van der Waals surface area contributed by atoms with Crippen LogP contribution in [0.4, 0.5) is 0 Å². The topological polar surface area (TPSA) is 98.2 Å². The van der Waals surface area contributed by atoms with Crippen molar-refractivity contribution >= 4 is 10.0 Å². The van der Waals surface area contributed by atoms with Gasteiger partial charge in [0.2, 0.25) is 10.0 Å². The van der Waals surface area contributed by atoms with Gasteiger partial charge in [0.25, 0.3) is 0 Å². The summed E-state index contributed by atoms with van der Waals surface area (Å²) in [7, 11) is -3.59. The Labute approximate surface area is 118 Å². The van der Waals surface area contributed by atoms with E-state index in [4.69, 9.17) is 10.3 Å². The predicted octanol–water partition coefficient (Wildman–Crippen LogP) is 1.23. The highest BCUT2D eigenvalue weighted by molar-refractivity contribution is 7.89. The summed E-state index contributed by atoms with van der Waals surface area (Å²) in [6, 6.07) is 6.58. The predicted molar refractivity (Wildman–Crippen MR) is 74.3 cm³/mol. The number of aryl methyl sites for hydroxylation is 2. The molecule has 0 bridgehead atoms. The standard InChI is InChI=1S/C13H17N3O3S/c1-9-3-4-13(6-11(9)7-14)20(17,18)15-8-12-5-10(2)19-16-12/h3-6,15H,7-8,14H2,1-2H3. The van der Waals surface area contributed by atoms with Gasteiger partial charge in [-0.05, 0) is 37.1 Å². The third kappa shape index (κ3) is 3.24. The number of nitrogens with one attached hydrogen (secondary N) is 1. The molecule has 0 aliphatic heterocycles. The molecule has 6 nitrogen and oxygen atoms in total. The average molecular weight is 295 g/mol. The first-order valence-corrected chi connectivity index (χ1v) is 7.62. The maximum atomic E-state index is 12.2. The van der Waals surface area contributed by atoms with Crippen molar-refractivity contribution in [2.24, 2.45) is 5.73 Å². The number of aromatic nitrogens is 1. The highest BCUT2D eigenvalue weighted by Crippen LogP contribution is 2.15. The van der Waals surface area contributed by atoms with Crippen LogP contribution in [0.1, 0.15) is 22.6 Å². The van der Waals surface area contributed by atoms with E-state index in [1.807, 2.05) is 6.92 Å². The van der Waals surface area contributed by atoms with Gasteiger partial charge in [-0.3, -0.25) is 0 Å². The summed E-state index contributed by atoms with van der Waals surface area (Å²) in [4.78, 5) is 0.198. The Kier molecular flexibility index (Phi) is 4.22. The molecule has 20 heavy (non-hydrogen) atoms. The maximum absolute atomic E-state index is 12.2. The molecule has 1 aromatic heterocycles. The van der Waals surface area contributed by atoms with Crippen LogP contribution in [-0.4, -0.2) is 13.6 Å². The van der Waals surface area contributed by atoms with Crippen LogP contribution in [-0.2, 0) is 23.1 Å². The van der Waals surface area contributed by atoms with E-state index in [0.717, 1.165) is 11.1 Å². The molecule has 0 saturated carbocycles. The molecule has 0 aliphatic carbocycles. The fraction of sp³-hybridized carbons (Fsp3) is 0.308. The Morgan fingerprint density at radius 1 is 1.30 bits per heavy atom. The molecule has 2 aromatic rings. The molecule has 108 valence electrons. The molecular weight excluding hydrogens is 278 g/mol. The minimum atomic E-state index is -3.59. The number of benzene rings is 1. The Hall–Kier alpha value is -1.70.